The normalized spacial score (nSPS) is 17.7. The van der Waals surface area contributed by atoms with Gasteiger partial charge in [0.1, 0.15) is 12.2 Å². The van der Waals surface area contributed by atoms with Crippen molar-refractivity contribution < 1.29 is 34.0 Å². The third-order valence-electron chi connectivity index (χ3n) is 7.20. The molecule has 0 radical (unpaired) electrons. The molecule has 2 aromatic carbocycles. The molecule has 3 aromatic rings. The maximum absolute atomic E-state index is 14.3. The van der Waals surface area contributed by atoms with Crippen molar-refractivity contribution in [3.05, 3.63) is 68.6 Å². The van der Waals surface area contributed by atoms with Gasteiger partial charge in [0, 0.05) is 57.9 Å². The smallest absolute Gasteiger partial charge is 0.314 e. The summed E-state index contributed by atoms with van der Waals surface area (Å²) in [5.74, 6) is -0.317. The van der Waals surface area contributed by atoms with Gasteiger partial charge in [-0.2, -0.15) is 0 Å². The molecule has 1 aromatic heterocycles. The lowest BCUT2D eigenvalue weighted by molar-refractivity contribution is -0.142. The van der Waals surface area contributed by atoms with Gasteiger partial charge in [0.25, 0.3) is 5.91 Å². The molecule has 2 N–H and O–H groups in total. The number of benzene rings is 2. The maximum Gasteiger partial charge on any atom is 0.314 e. The van der Waals surface area contributed by atoms with Crippen LogP contribution in [0.25, 0.3) is 0 Å². The Labute approximate surface area is 248 Å². The van der Waals surface area contributed by atoms with Crippen LogP contribution in [0.15, 0.2) is 42.6 Å². The van der Waals surface area contributed by atoms with Crippen LogP contribution in [0.2, 0.25) is 5.02 Å². The van der Waals surface area contributed by atoms with E-state index in [0.29, 0.717) is 43.2 Å². The van der Waals surface area contributed by atoms with Crippen molar-refractivity contribution in [2.75, 3.05) is 32.3 Å². The molecule has 0 aliphatic carbocycles. The zero-order valence-corrected chi connectivity index (χ0v) is 25.5. The molecule has 0 spiro atoms. The summed E-state index contributed by atoms with van der Waals surface area (Å²) < 4.78 is 17.9. The number of aliphatic hydroxyl groups excluding tert-OH is 1. The SMILES string of the molecule is COc1cccc([C@H]2O[C@H](Cc3ncc(C(C)(C)C(=O)O)s3)C(=O)N(CC(C)(C)CO)c3ccc(Cl)cc32)c1OC. The zero-order valence-electron chi connectivity index (χ0n) is 23.9. The van der Waals surface area contributed by atoms with Crippen molar-refractivity contribution in [3.8, 4) is 11.5 Å². The first-order valence-corrected chi connectivity index (χ1v) is 14.3. The minimum atomic E-state index is -1.13. The highest BCUT2D eigenvalue weighted by Gasteiger charge is 2.41. The van der Waals surface area contributed by atoms with Gasteiger partial charge in [-0.3, -0.25) is 9.59 Å². The number of methoxy groups -OCH3 is 2. The van der Waals surface area contributed by atoms with Crippen molar-refractivity contribution in [1.82, 2.24) is 4.98 Å². The number of carboxylic acids is 1. The van der Waals surface area contributed by atoms with Gasteiger partial charge >= 0.3 is 5.97 Å². The molecule has 0 bridgehead atoms. The van der Waals surface area contributed by atoms with Gasteiger partial charge < -0.3 is 29.3 Å². The second-order valence-corrected chi connectivity index (χ2v) is 12.8. The number of aliphatic hydroxyl groups is 1. The van der Waals surface area contributed by atoms with E-state index in [1.807, 2.05) is 26.0 Å². The highest BCUT2D eigenvalue weighted by Crippen LogP contribution is 2.46. The van der Waals surface area contributed by atoms with Gasteiger partial charge in [-0.15, -0.1) is 11.3 Å². The highest BCUT2D eigenvalue weighted by atomic mass is 35.5. The van der Waals surface area contributed by atoms with Crippen molar-refractivity contribution in [2.24, 2.45) is 5.41 Å². The largest absolute Gasteiger partial charge is 0.493 e. The van der Waals surface area contributed by atoms with Crippen molar-refractivity contribution in [3.63, 3.8) is 0 Å². The van der Waals surface area contributed by atoms with Crippen LogP contribution in [0.4, 0.5) is 5.69 Å². The molecule has 220 valence electrons. The lowest BCUT2D eigenvalue weighted by Gasteiger charge is -2.32. The minimum Gasteiger partial charge on any atom is -0.493 e. The summed E-state index contributed by atoms with van der Waals surface area (Å²) in [5.41, 5.74) is 0.143. The van der Waals surface area contributed by atoms with E-state index in [-0.39, 0.29) is 25.5 Å². The number of halogens is 1. The first-order valence-electron chi connectivity index (χ1n) is 13.1. The summed E-state index contributed by atoms with van der Waals surface area (Å²) >= 11 is 7.72. The van der Waals surface area contributed by atoms with Gasteiger partial charge in [0.2, 0.25) is 0 Å². The number of thiazole rings is 1. The number of carbonyl (C=O) groups excluding carboxylic acids is 1. The number of carbonyl (C=O) groups is 2. The number of rotatable bonds is 10. The van der Waals surface area contributed by atoms with E-state index in [1.165, 1.54) is 18.4 Å². The van der Waals surface area contributed by atoms with E-state index in [9.17, 15) is 19.8 Å². The molecule has 0 unspecified atom stereocenters. The van der Waals surface area contributed by atoms with E-state index in [1.54, 1.807) is 56.3 Å². The van der Waals surface area contributed by atoms with Gasteiger partial charge in [-0.05, 0) is 38.1 Å². The van der Waals surface area contributed by atoms with Crippen LogP contribution in [-0.2, 0) is 26.2 Å². The van der Waals surface area contributed by atoms with Crippen molar-refractivity contribution >= 4 is 40.5 Å². The molecule has 4 rings (SSSR count). The molecular weight excluding hydrogens is 568 g/mol. The predicted octanol–water partition coefficient (Wildman–Crippen LogP) is 5.26. The number of anilines is 1. The van der Waals surface area contributed by atoms with Gasteiger partial charge in [0.15, 0.2) is 11.5 Å². The Kier molecular flexibility index (Phi) is 8.98. The predicted molar refractivity (Wildman–Crippen MR) is 157 cm³/mol. The molecule has 2 heterocycles. The van der Waals surface area contributed by atoms with Gasteiger partial charge in [-0.1, -0.05) is 37.6 Å². The Morgan fingerprint density at radius 1 is 1.15 bits per heavy atom. The summed E-state index contributed by atoms with van der Waals surface area (Å²) in [7, 11) is 3.08. The number of aliphatic carboxylic acids is 1. The fraction of sp³-hybridized carbons (Fsp3) is 0.433. The summed E-state index contributed by atoms with van der Waals surface area (Å²) in [6.45, 7) is 7.06. The molecule has 1 aliphatic heterocycles. The van der Waals surface area contributed by atoms with E-state index in [0.717, 1.165) is 0 Å². The van der Waals surface area contributed by atoms with Crippen LogP contribution in [0.5, 0.6) is 11.5 Å². The second-order valence-electron chi connectivity index (χ2n) is 11.3. The number of fused-ring (bicyclic) bond motifs is 1. The van der Waals surface area contributed by atoms with Crippen LogP contribution < -0.4 is 14.4 Å². The number of amides is 1. The van der Waals surface area contributed by atoms with E-state index >= 15 is 0 Å². The third-order valence-corrected chi connectivity index (χ3v) is 8.78. The average molecular weight is 603 g/mol. The lowest BCUT2D eigenvalue weighted by Crippen LogP contribution is -2.45. The quantitative estimate of drug-likeness (QED) is 0.323. The monoisotopic (exact) mass is 602 g/mol. The van der Waals surface area contributed by atoms with Crippen LogP contribution in [0.1, 0.15) is 54.8 Å². The average Bonchev–Trinajstić information content (AvgIpc) is 3.39. The minimum absolute atomic E-state index is 0.111. The number of para-hydroxylation sites is 1. The molecule has 0 saturated heterocycles. The molecular formula is C30H35ClN2O7S. The summed E-state index contributed by atoms with van der Waals surface area (Å²) in [6.07, 6.45) is -0.123. The Hall–Kier alpha value is -3.18. The fourth-order valence-corrected chi connectivity index (χ4v) is 5.89. The number of aromatic nitrogens is 1. The van der Waals surface area contributed by atoms with Gasteiger partial charge in [0.05, 0.1) is 24.6 Å². The number of hydrogen-bond acceptors (Lipinski definition) is 8. The number of hydrogen-bond donors (Lipinski definition) is 2. The Morgan fingerprint density at radius 2 is 1.88 bits per heavy atom. The highest BCUT2D eigenvalue weighted by molar-refractivity contribution is 7.11. The van der Waals surface area contributed by atoms with Crippen LogP contribution in [0.3, 0.4) is 0 Å². The molecule has 11 heteroatoms. The lowest BCUT2D eigenvalue weighted by atomic mass is 9.92. The van der Waals surface area contributed by atoms with E-state index in [2.05, 4.69) is 4.98 Å². The van der Waals surface area contributed by atoms with E-state index in [4.69, 9.17) is 25.8 Å². The topological polar surface area (TPSA) is 118 Å². The first kappa shape index (κ1) is 30.8. The second kappa shape index (κ2) is 12.0. The summed E-state index contributed by atoms with van der Waals surface area (Å²) in [4.78, 5) is 32.8. The molecule has 9 nitrogen and oxygen atoms in total. The summed E-state index contributed by atoms with van der Waals surface area (Å²) in [5, 5.41) is 20.8. The van der Waals surface area contributed by atoms with Crippen LogP contribution >= 0.6 is 22.9 Å². The number of carboxylic acid groups (broad SMARTS) is 1. The third kappa shape index (κ3) is 6.21. The maximum atomic E-state index is 14.3. The van der Waals surface area contributed by atoms with E-state index < -0.39 is 29.0 Å². The number of ether oxygens (including phenoxy) is 3. The van der Waals surface area contributed by atoms with Crippen molar-refractivity contribution in [1.29, 1.82) is 0 Å². The fourth-order valence-electron chi connectivity index (χ4n) is 4.66. The molecule has 0 fully saturated rings. The van der Waals surface area contributed by atoms with Gasteiger partial charge in [-0.25, -0.2) is 4.98 Å². The Balaban J connectivity index is 1.88. The van der Waals surface area contributed by atoms with Crippen LogP contribution in [-0.4, -0.2) is 60.5 Å². The molecule has 1 aliphatic rings. The first-order chi connectivity index (χ1) is 19.3. The van der Waals surface area contributed by atoms with Crippen molar-refractivity contribution in [2.45, 2.75) is 51.7 Å². The Bertz CT molecular complexity index is 1440. The molecule has 41 heavy (non-hydrogen) atoms. The van der Waals surface area contributed by atoms with Crippen LogP contribution in [0, 0.1) is 5.41 Å². The summed E-state index contributed by atoms with van der Waals surface area (Å²) in [6, 6.07) is 10.7. The number of nitrogens with zero attached hydrogens (tertiary/aromatic N) is 2. The standard InChI is InChI=1S/C30H35ClN2O7S/c1-29(2,16-34)15-33-20-11-10-17(31)12-19(20)25(18-8-7-9-21(38-5)26(18)39-6)40-22(27(33)35)13-24-32-14-23(41-24)30(3,4)28(36)37/h7-12,14,22,25,34H,13,15-16H2,1-6H3,(H,36,37)/t22-,25-/m1/s1. The molecule has 0 saturated carbocycles. The zero-order chi connectivity index (χ0) is 30.1. The molecule has 2 atom stereocenters. The molecule has 1 amide bonds. The Morgan fingerprint density at radius 3 is 2.51 bits per heavy atom.